The molecule has 2 atom stereocenters. The maximum absolute atomic E-state index is 12.3. The van der Waals surface area contributed by atoms with Crippen LogP contribution in [0.15, 0.2) is 0 Å². The van der Waals surface area contributed by atoms with Crippen LogP contribution >= 0.6 is 12.4 Å². The van der Waals surface area contributed by atoms with Crippen molar-refractivity contribution in [2.45, 2.75) is 31.2 Å². The predicted molar refractivity (Wildman–Crippen MR) is 39.2 cm³/mol. The van der Waals surface area contributed by atoms with Gasteiger partial charge in [0.25, 0.3) is 0 Å². The monoisotopic (exact) mass is 207 g/mol. The first-order chi connectivity index (χ1) is 5.00. The maximum Gasteiger partial charge on any atom is 0.403 e. The minimum absolute atomic E-state index is 0. The highest BCUT2D eigenvalue weighted by Gasteiger charge is 2.41. The van der Waals surface area contributed by atoms with Gasteiger partial charge in [-0.1, -0.05) is 0 Å². The molecule has 12 heavy (non-hydrogen) atoms. The molecule has 1 rings (SSSR count). The normalized spacial score (nSPS) is 31.0. The van der Waals surface area contributed by atoms with E-state index in [4.69, 9.17) is 0 Å². The van der Waals surface area contributed by atoms with E-state index < -0.39 is 18.4 Å². The van der Waals surface area contributed by atoms with Gasteiger partial charge in [0.1, 0.15) is 12.2 Å². The van der Waals surface area contributed by atoms with Crippen molar-refractivity contribution in [2.75, 3.05) is 6.54 Å². The van der Waals surface area contributed by atoms with Crippen molar-refractivity contribution >= 4 is 12.4 Å². The molecule has 0 spiro atoms. The smallest absolute Gasteiger partial charge is 0.303 e. The second-order valence-corrected chi connectivity index (χ2v) is 2.68. The van der Waals surface area contributed by atoms with Crippen LogP contribution in [0.1, 0.15) is 12.8 Å². The molecule has 0 aromatic carbocycles. The largest absolute Gasteiger partial charge is 0.403 e. The summed E-state index contributed by atoms with van der Waals surface area (Å²) in [7, 11) is 0. The fourth-order valence-corrected chi connectivity index (χ4v) is 1.10. The topological polar surface area (TPSA) is 12.0 Å². The van der Waals surface area contributed by atoms with Crippen LogP contribution in [0, 0.1) is 0 Å². The first-order valence-electron chi connectivity index (χ1n) is 3.44. The summed E-state index contributed by atoms with van der Waals surface area (Å²) in [5, 5.41) is 2.11. The lowest BCUT2D eigenvalue weighted by molar-refractivity contribution is -0.162. The summed E-state index contributed by atoms with van der Waals surface area (Å²) >= 11 is 0. The average Bonchev–Trinajstić information content (AvgIpc) is 1.86. The van der Waals surface area contributed by atoms with E-state index in [1.54, 1.807) is 0 Å². The van der Waals surface area contributed by atoms with Gasteiger partial charge in [0.15, 0.2) is 0 Å². The van der Waals surface area contributed by atoms with E-state index in [2.05, 4.69) is 5.32 Å². The third kappa shape index (κ3) is 3.15. The molecule has 0 aromatic rings. The van der Waals surface area contributed by atoms with Crippen molar-refractivity contribution in [3.05, 3.63) is 0 Å². The fraction of sp³-hybridized carbons (Fsp3) is 1.00. The van der Waals surface area contributed by atoms with Gasteiger partial charge in [0, 0.05) is 6.54 Å². The van der Waals surface area contributed by atoms with Crippen LogP contribution in [-0.4, -0.2) is 24.9 Å². The molecule has 6 heteroatoms. The minimum atomic E-state index is -4.22. The summed E-state index contributed by atoms with van der Waals surface area (Å²) in [6.45, 7) is -0.176. The van der Waals surface area contributed by atoms with Gasteiger partial charge in [0.05, 0.1) is 0 Å². The fourth-order valence-electron chi connectivity index (χ4n) is 1.10. The second-order valence-electron chi connectivity index (χ2n) is 2.68. The Labute approximate surface area is 73.9 Å². The predicted octanol–water partition coefficient (Wildman–Crippen LogP) is 2.06. The van der Waals surface area contributed by atoms with Gasteiger partial charge < -0.3 is 5.32 Å². The van der Waals surface area contributed by atoms with E-state index in [0.29, 0.717) is 0 Å². The van der Waals surface area contributed by atoms with E-state index >= 15 is 0 Å². The molecule has 0 aliphatic carbocycles. The Morgan fingerprint density at radius 3 is 2.08 bits per heavy atom. The zero-order valence-electron chi connectivity index (χ0n) is 6.20. The maximum atomic E-state index is 12.3. The summed E-state index contributed by atoms with van der Waals surface area (Å²) in [6, 6.07) is -1.51. The molecule has 0 amide bonds. The number of hydrogen-bond acceptors (Lipinski definition) is 1. The molecule has 0 unspecified atom stereocenters. The molecule has 1 fully saturated rings. The van der Waals surface area contributed by atoms with Crippen molar-refractivity contribution < 1.29 is 17.6 Å². The number of rotatable bonds is 0. The van der Waals surface area contributed by atoms with Crippen molar-refractivity contribution in [3.63, 3.8) is 0 Å². The summed E-state index contributed by atoms with van der Waals surface area (Å²) in [5.41, 5.74) is 0. The molecule has 1 aliphatic rings. The van der Waals surface area contributed by atoms with Crippen molar-refractivity contribution in [3.8, 4) is 0 Å². The van der Waals surface area contributed by atoms with E-state index in [0.717, 1.165) is 0 Å². The van der Waals surface area contributed by atoms with Crippen LogP contribution in [-0.2, 0) is 0 Å². The molecule has 1 nitrogen and oxygen atoms in total. The second kappa shape index (κ2) is 4.28. The van der Waals surface area contributed by atoms with Crippen LogP contribution in [0.3, 0.4) is 0 Å². The summed E-state index contributed by atoms with van der Waals surface area (Å²) in [4.78, 5) is 0. The standard InChI is InChI=1S/C6H9F4N.ClH/c7-4-1-2-5(11-3-4)6(8,9)10;/h4-5,11H,1-3H2;1H/t4-,5-;/m1./s1. The van der Waals surface area contributed by atoms with Crippen molar-refractivity contribution in [2.24, 2.45) is 0 Å². The Kier molecular flexibility index (Phi) is 4.26. The van der Waals surface area contributed by atoms with Gasteiger partial charge in [-0.25, -0.2) is 4.39 Å². The van der Waals surface area contributed by atoms with Gasteiger partial charge in [0.2, 0.25) is 0 Å². The highest BCUT2D eigenvalue weighted by molar-refractivity contribution is 5.85. The van der Waals surface area contributed by atoms with Crippen LogP contribution in [0.4, 0.5) is 17.6 Å². The van der Waals surface area contributed by atoms with Crippen LogP contribution in [0.2, 0.25) is 0 Å². The van der Waals surface area contributed by atoms with Crippen LogP contribution < -0.4 is 5.32 Å². The Hall–Kier alpha value is -0.0300. The lowest BCUT2D eigenvalue weighted by Gasteiger charge is -2.27. The highest BCUT2D eigenvalue weighted by atomic mass is 35.5. The zero-order chi connectivity index (χ0) is 8.48. The molecular weight excluding hydrogens is 198 g/mol. The van der Waals surface area contributed by atoms with E-state index in [-0.39, 0.29) is 31.8 Å². The molecule has 0 radical (unpaired) electrons. The highest BCUT2D eigenvalue weighted by Crippen LogP contribution is 2.26. The van der Waals surface area contributed by atoms with Gasteiger partial charge in [-0.2, -0.15) is 13.2 Å². The lowest BCUT2D eigenvalue weighted by Crippen LogP contribution is -2.48. The summed E-state index contributed by atoms with van der Waals surface area (Å²) in [6.07, 6.45) is -5.48. The molecule has 1 saturated heterocycles. The molecule has 0 aromatic heterocycles. The molecule has 1 heterocycles. The molecule has 1 aliphatic heterocycles. The number of hydrogen-bond donors (Lipinski definition) is 1. The first kappa shape index (κ1) is 12.0. The quantitative estimate of drug-likeness (QED) is 0.600. The van der Waals surface area contributed by atoms with Gasteiger partial charge in [-0.05, 0) is 12.8 Å². The first-order valence-corrected chi connectivity index (χ1v) is 3.44. The van der Waals surface area contributed by atoms with Gasteiger partial charge in [-0.3, -0.25) is 0 Å². The molecular formula is C6H10ClF4N. The molecule has 1 N–H and O–H groups in total. The molecule has 0 bridgehead atoms. The Morgan fingerprint density at radius 2 is 1.75 bits per heavy atom. The Balaban J connectivity index is 0.00000121. The zero-order valence-corrected chi connectivity index (χ0v) is 7.01. The van der Waals surface area contributed by atoms with Gasteiger partial charge in [-0.15, -0.1) is 12.4 Å². The number of halogens is 5. The minimum Gasteiger partial charge on any atom is -0.303 e. The Morgan fingerprint density at radius 1 is 1.17 bits per heavy atom. The lowest BCUT2D eigenvalue weighted by atomic mass is 10.0. The Bertz CT molecular complexity index is 130. The number of alkyl halides is 4. The van der Waals surface area contributed by atoms with Crippen molar-refractivity contribution in [1.29, 1.82) is 0 Å². The average molecular weight is 208 g/mol. The molecule has 74 valence electrons. The number of nitrogens with one attached hydrogen (secondary N) is 1. The number of piperidine rings is 1. The van der Waals surface area contributed by atoms with Crippen molar-refractivity contribution in [1.82, 2.24) is 5.32 Å². The SMILES string of the molecule is Cl.F[C@@H]1CC[C@H](C(F)(F)F)NC1. The summed E-state index contributed by atoms with van der Waals surface area (Å²) < 4.78 is 48.0. The third-order valence-electron chi connectivity index (χ3n) is 1.75. The van der Waals surface area contributed by atoms with E-state index in [9.17, 15) is 17.6 Å². The van der Waals surface area contributed by atoms with Gasteiger partial charge >= 0.3 is 6.18 Å². The third-order valence-corrected chi connectivity index (χ3v) is 1.75. The molecule has 0 saturated carbocycles. The van der Waals surface area contributed by atoms with Crippen LogP contribution in [0.25, 0.3) is 0 Å². The van der Waals surface area contributed by atoms with Crippen LogP contribution in [0.5, 0.6) is 0 Å². The van der Waals surface area contributed by atoms with E-state index in [1.807, 2.05) is 0 Å². The summed E-state index contributed by atoms with van der Waals surface area (Å²) in [5.74, 6) is 0. The van der Waals surface area contributed by atoms with E-state index in [1.165, 1.54) is 0 Å².